The number of amides is 1. The Morgan fingerprint density at radius 1 is 0.811 bits per heavy atom. The molecule has 53 heavy (non-hydrogen) atoms. The summed E-state index contributed by atoms with van der Waals surface area (Å²) >= 11 is 6.60. The summed E-state index contributed by atoms with van der Waals surface area (Å²) < 4.78 is 44.3. The summed E-state index contributed by atoms with van der Waals surface area (Å²) in [7, 11) is 0. The Labute approximate surface area is 320 Å². The standard InChI is InChI=1S/C42H40ClF2N3O4.ClH/c1-29-3-4-34(25-39(29)45)28-51-37-14-15-40(46-26-37)52-42-30(2)23-33(24-38(42)43)9-16-41(49)48-20-18-47(19-21-48)27-32-7-5-31(6-8-32)17-22-50-36-12-10-35(44)11-13-36;/h3-16,23-26H,17-22,27-28H2,1-2H3;1H/b16-9+;. The third-order valence-electron chi connectivity index (χ3n) is 8.81. The lowest BCUT2D eigenvalue weighted by molar-refractivity contribution is -0.127. The van der Waals surface area contributed by atoms with Crippen LogP contribution < -0.4 is 14.2 Å². The van der Waals surface area contributed by atoms with E-state index in [-0.39, 0.29) is 36.6 Å². The summed E-state index contributed by atoms with van der Waals surface area (Å²) in [6.07, 6.45) is 5.67. The summed E-state index contributed by atoms with van der Waals surface area (Å²) in [5.41, 5.74) is 5.29. The number of aryl methyl sites for hydroxylation is 2. The Bertz CT molecular complexity index is 1980. The highest BCUT2D eigenvalue weighted by molar-refractivity contribution is 6.32. The molecule has 2 heterocycles. The van der Waals surface area contributed by atoms with Gasteiger partial charge in [0, 0.05) is 51.3 Å². The van der Waals surface area contributed by atoms with Crippen molar-refractivity contribution >= 4 is 36.0 Å². The van der Waals surface area contributed by atoms with Gasteiger partial charge in [0.25, 0.3) is 0 Å². The molecule has 1 fully saturated rings. The van der Waals surface area contributed by atoms with E-state index < -0.39 is 0 Å². The first-order valence-corrected chi connectivity index (χ1v) is 17.5. The number of pyridine rings is 1. The molecule has 4 aromatic carbocycles. The fraction of sp³-hybridized carbons (Fsp3) is 0.238. The molecule has 6 rings (SSSR count). The quantitative estimate of drug-likeness (QED) is 0.112. The molecule has 5 aromatic rings. The fourth-order valence-corrected chi connectivity index (χ4v) is 6.09. The lowest BCUT2D eigenvalue weighted by atomic mass is 10.1. The van der Waals surface area contributed by atoms with Crippen LogP contribution in [0.3, 0.4) is 0 Å². The minimum Gasteiger partial charge on any atom is -0.493 e. The van der Waals surface area contributed by atoms with Gasteiger partial charge in [-0.25, -0.2) is 13.8 Å². The molecule has 0 N–H and O–H groups in total. The highest BCUT2D eigenvalue weighted by atomic mass is 35.5. The van der Waals surface area contributed by atoms with Crippen LogP contribution in [0.5, 0.6) is 23.1 Å². The first-order chi connectivity index (χ1) is 25.2. The Kier molecular flexibility index (Phi) is 13.8. The average Bonchev–Trinajstić information content (AvgIpc) is 3.15. The predicted octanol–water partition coefficient (Wildman–Crippen LogP) is 9.40. The minimum atomic E-state index is -0.277. The fourth-order valence-electron chi connectivity index (χ4n) is 5.78. The van der Waals surface area contributed by atoms with Gasteiger partial charge in [-0.2, -0.15) is 0 Å². The van der Waals surface area contributed by atoms with E-state index in [9.17, 15) is 13.6 Å². The number of nitrogens with zero attached hydrogens (tertiary/aromatic N) is 3. The maximum atomic E-state index is 13.8. The van der Waals surface area contributed by atoms with E-state index in [1.807, 2.05) is 24.0 Å². The molecular weight excluding hydrogens is 719 g/mol. The summed E-state index contributed by atoms with van der Waals surface area (Å²) in [4.78, 5) is 21.6. The Morgan fingerprint density at radius 2 is 1.51 bits per heavy atom. The molecule has 0 aliphatic carbocycles. The van der Waals surface area contributed by atoms with Gasteiger partial charge in [0.2, 0.25) is 11.8 Å². The van der Waals surface area contributed by atoms with Gasteiger partial charge in [-0.3, -0.25) is 9.69 Å². The summed E-state index contributed by atoms with van der Waals surface area (Å²) in [5.74, 6) is 1.42. The highest BCUT2D eigenvalue weighted by Gasteiger charge is 2.20. The van der Waals surface area contributed by atoms with Gasteiger partial charge in [-0.15, -0.1) is 12.4 Å². The molecule has 0 bridgehead atoms. The number of benzene rings is 4. The number of halogens is 4. The molecule has 1 aliphatic rings. The summed E-state index contributed by atoms with van der Waals surface area (Å²) in [5, 5.41) is 0.399. The van der Waals surface area contributed by atoms with Gasteiger partial charge in [0.05, 0.1) is 17.8 Å². The van der Waals surface area contributed by atoms with Gasteiger partial charge >= 0.3 is 0 Å². The number of carbonyl (C=O) groups excluding carboxylic acids is 1. The first-order valence-electron chi connectivity index (χ1n) is 17.2. The van der Waals surface area contributed by atoms with Crippen molar-refractivity contribution in [2.75, 3.05) is 32.8 Å². The molecule has 0 atom stereocenters. The molecular formula is C42H41Cl2F2N3O4. The maximum Gasteiger partial charge on any atom is 0.246 e. The average molecular weight is 761 g/mol. The van der Waals surface area contributed by atoms with Crippen LogP contribution in [0.25, 0.3) is 6.08 Å². The molecule has 1 aromatic heterocycles. The molecule has 11 heteroatoms. The second kappa shape index (κ2) is 18.7. The molecule has 0 unspecified atom stereocenters. The monoisotopic (exact) mass is 759 g/mol. The molecule has 1 saturated heterocycles. The third-order valence-corrected chi connectivity index (χ3v) is 9.09. The number of rotatable bonds is 13. The number of aromatic nitrogens is 1. The van der Waals surface area contributed by atoms with Crippen LogP contribution in [-0.2, 0) is 24.4 Å². The Morgan fingerprint density at radius 3 is 2.19 bits per heavy atom. The molecule has 0 spiro atoms. The normalized spacial score (nSPS) is 13.1. The number of carbonyl (C=O) groups is 1. The SMILES string of the molecule is Cc1ccc(COc2ccc(Oc3c(C)cc(/C=C/C(=O)N4CCN(Cc5ccc(CCOc6ccc(F)cc6)cc5)CC4)cc3Cl)nc2)cc1F.Cl. The van der Waals surface area contributed by atoms with Crippen LogP contribution >= 0.6 is 24.0 Å². The third kappa shape index (κ3) is 11.3. The van der Waals surface area contributed by atoms with Gasteiger partial charge < -0.3 is 19.1 Å². The molecule has 0 saturated carbocycles. The number of hydrogen-bond acceptors (Lipinski definition) is 6. The van der Waals surface area contributed by atoms with E-state index in [1.54, 1.807) is 61.7 Å². The van der Waals surface area contributed by atoms with E-state index in [2.05, 4.69) is 34.1 Å². The van der Waals surface area contributed by atoms with E-state index in [4.69, 9.17) is 25.8 Å². The maximum absolute atomic E-state index is 13.8. The van der Waals surface area contributed by atoms with Crippen LogP contribution in [0.1, 0.15) is 33.4 Å². The van der Waals surface area contributed by atoms with Crippen molar-refractivity contribution in [2.45, 2.75) is 33.4 Å². The largest absolute Gasteiger partial charge is 0.493 e. The second-order valence-electron chi connectivity index (χ2n) is 12.8. The highest BCUT2D eigenvalue weighted by Crippen LogP contribution is 2.34. The summed E-state index contributed by atoms with van der Waals surface area (Å²) in [6, 6.07) is 26.6. The van der Waals surface area contributed by atoms with Gasteiger partial charge in [-0.1, -0.05) is 48.0 Å². The molecule has 7 nitrogen and oxygen atoms in total. The Balaban J connectivity index is 0.00000541. The van der Waals surface area contributed by atoms with Crippen LogP contribution in [0, 0.1) is 25.5 Å². The zero-order chi connectivity index (χ0) is 36.5. The number of hydrogen-bond donors (Lipinski definition) is 0. The molecule has 1 amide bonds. The first kappa shape index (κ1) is 39.3. The van der Waals surface area contributed by atoms with Crippen molar-refractivity contribution in [3.63, 3.8) is 0 Å². The summed E-state index contributed by atoms with van der Waals surface area (Å²) in [6.45, 7) is 8.04. The zero-order valence-electron chi connectivity index (χ0n) is 29.6. The molecule has 1 aliphatic heterocycles. The predicted molar refractivity (Wildman–Crippen MR) is 206 cm³/mol. The van der Waals surface area contributed by atoms with Crippen molar-refractivity contribution in [1.82, 2.24) is 14.8 Å². The van der Waals surface area contributed by atoms with Gasteiger partial charge in [-0.05, 0) is 102 Å². The van der Waals surface area contributed by atoms with Crippen LogP contribution in [0.4, 0.5) is 8.78 Å². The van der Waals surface area contributed by atoms with E-state index in [0.29, 0.717) is 53.4 Å². The van der Waals surface area contributed by atoms with Crippen molar-refractivity contribution in [2.24, 2.45) is 0 Å². The lowest BCUT2D eigenvalue weighted by Crippen LogP contribution is -2.47. The van der Waals surface area contributed by atoms with Crippen molar-refractivity contribution in [1.29, 1.82) is 0 Å². The topological polar surface area (TPSA) is 64.1 Å². The zero-order valence-corrected chi connectivity index (χ0v) is 31.1. The molecule has 276 valence electrons. The van der Waals surface area contributed by atoms with E-state index in [1.165, 1.54) is 29.3 Å². The van der Waals surface area contributed by atoms with Crippen LogP contribution in [-0.4, -0.2) is 53.5 Å². The van der Waals surface area contributed by atoms with E-state index >= 15 is 0 Å². The van der Waals surface area contributed by atoms with Gasteiger partial charge in [0.1, 0.15) is 29.7 Å². The number of ether oxygens (including phenoxy) is 3. The number of piperazine rings is 1. The van der Waals surface area contributed by atoms with Crippen molar-refractivity contribution in [3.05, 3.63) is 153 Å². The second-order valence-corrected chi connectivity index (χ2v) is 13.2. The molecule has 0 radical (unpaired) electrons. The van der Waals surface area contributed by atoms with Crippen LogP contribution in [0.2, 0.25) is 5.02 Å². The lowest BCUT2D eigenvalue weighted by Gasteiger charge is -2.34. The Hall–Kier alpha value is -4.96. The van der Waals surface area contributed by atoms with Crippen LogP contribution in [0.15, 0.2) is 103 Å². The van der Waals surface area contributed by atoms with Gasteiger partial charge in [0.15, 0.2) is 5.75 Å². The minimum absolute atomic E-state index is 0. The smallest absolute Gasteiger partial charge is 0.246 e. The van der Waals surface area contributed by atoms with E-state index in [0.717, 1.165) is 42.7 Å². The van der Waals surface area contributed by atoms with Crippen molar-refractivity contribution < 1.29 is 27.8 Å². The van der Waals surface area contributed by atoms with Crippen molar-refractivity contribution in [3.8, 4) is 23.1 Å².